The summed E-state index contributed by atoms with van der Waals surface area (Å²) in [5.41, 5.74) is 13.0. The molecular formula is C23H23N8O6S3+. The maximum absolute atomic E-state index is 13.2. The van der Waals surface area contributed by atoms with Crippen molar-refractivity contribution < 1.29 is 34.0 Å². The Labute approximate surface area is 239 Å². The summed E-state index contributed by atoms with van der Waals surface area (Å²) >= 11 is 3.68. The fraction of sp³-hybridized carbons (Fsp3) is 0.261. The summed E-state index contributed by atoms with van der Waals surface area (Å²) in [5, 5.41) is 29.0. The fourth-order valence-corrected chi connectivity index (χ4v) is 6.52. The van der Waals surface area contributed by atoms with Crippen LogP contribution in [0.3, 0.4) is 0 Å². The molecule has 0 bridgehead atoms. The predicted octanol–water partition coefficient (Wildman–Crippen LogP) is -0.0965. The highest BCUT2D eigenvalue weighted by Crippen LogP contribution is 2.40. The molecular weight excluding hydrogens is 581 g/mol. The molecule has 0 radical (unpaired) electrons. The van der Waals surface area contributed by atoms with E-state index in [1.54, 1.807) is 34.5 Å². The van der Waals surface area contributed by atoms with Crippen molar-refractivity contribution in [3.63, 3.8) is 0 Å². The third kappa shape index (κ3) is 5.62. The van der Waals surface area contributed by atoms with E-state index in [9.17, 15) is 24.6 Å². The molecule has 2 amide bonds. The summed E-state index contributed by atoms with van der Waals surface area (Å²) in [7, 11) is 0. The van der Waals surface area contributed by atoms with Crippen molar-refractivity contribution in [3.8, 4) is 0 Å². The number of hydrogen-bond acceptors (Lipinski definition) is 13. The van der Waals surface area contributed by atoms with Gasteiger partial charge in [-0.25, -0.2) is 19.3 Å². The van der Waals surface area contributed by atoms with Crippen molar-refractivity contribution in [3.05, 3.63) is 63.5 Å². The first-order chi connectivity index (χ1) is 19.2. The number of aliphatic hydroxyl groups is 1. The van der Waals surface area contributed by atoms with Crippen LogP contribution in [0.15, 0.2) is 51.7 Å². The first-order valence-electron chi connectivity index (χ1n) is 11.7. The number of thiazole rings is 2. The lowest BCUT2D eigenvalue weighted by atomic mass is 10.0. The Bertz CT molecular complexity index is 1520. The summed E-state index contributed by atoms with van der Waals surface area (Å²) < 4.78 is 1.77. The fourth-order valence-electron chi connectivity index (χ4n) is 4.09. The number of carbonyl (C=O) groups is 3. The first-order valence-corrected chi connectivity index (χ1v) is 14.5. The molecule has 14 nitrogen and oxygen atoms in total. The van der Waals surface area contributed by atoms with Crippen LogP contribution in [0.25, 0.3) is 0 Å². The molecule has 7 N–H and O–H groups in total. The van der Waals surface area contributed by atoms with E-state index < -0.39 is 29.2 Å². The van der Waals surface area contributed by atoms with E-state index in [1.165, 1.54) is 33.4 Å². The van der Waals surface area contributed by atoms with Gasteiger partial charge in [-0.2, -0.15) is 0 Å². The Kier molecular flexibility index (Phi) is 7.97. The van der Waals surface area contributed by atoms with Gasteiger partial charge in [0.1, 0.15) is 22.8 Å². The van der Waals surface area contributed by atoms with Gasteiger partial charge in [-0.1, -0.05) is 5.16 Å². The minimum absolute atomic E-state index is 0.0466. The average Bonchev–Trinajstić information content (AvgIpc) is 3.56. The van der Waals surface area contributed by atoms with Crippen molar-refractivity contribution in [1.29, 1.82) is 0 Å². The molecule has 40 heavy (non-hydrogen) atoms. The van der Waals surface area contributed by atoms with Gasteiger partial charge in [0.15, 0.2) is 41.5 Å². The van der Waals surface area contributed by atoms with Crippen LogP contribution in [0, 0.1) is 0 Å². The molecule has 2 aliphatic rings. The van der Waals surface area contributed by atoms with Crippen LogP contribution < -0.4 is 21.4 Å². The number of nitrogens with one attached hydrogen (secondary N) is 1. The lowest BCUT2D eigenvalue weighted by Gasteiger charge is -2.49. The third-order valence-corrected chi connectivity index (χ3v) is 8.71. The number of fused-ring (bicyclic) bond motifs is 1. The number of thioether (sulfide) groups is 1. The molecule has 1 unspecified atom stereocenters. The highest BCUT2D eigenvalue weighted by Gasteiger charge is 2.54. The standard InChI is InChI=1S/C23H22N8O6S3/c24-22-26-13(9-39-22)7-37-29-15(14-10-40-23(25)27-14)18(33)28-16-19(34)31-17(21(35)36)12(8-38-20(16)31)5-30-3-1-11(6-32)2-4-30/h1-4,9-10,16,20,32H,5-8H2,(H5-,24,25,26,27,28,33,35,36)/p+1/b29-15-/t16?,20-/m0/s1. The van der Waals surface area contributed by atoms with Gasteiger partial charge >= 0.3 is 5.97 Å². The zero-order chi connectivity index (χ0) is 28.4. The Morgan fingerprint density at radius 2 is 1.93 bits per heavy atom. The molecule has 5 heterocycles. The second kappa shape index (κ2) is 11.6. The number of oxime groups is 1. The number of amides is 2. The van der Waals surface area contributed by atoms with Gasteiger partial charge in [0.2, 0.25) is 0 Å². The second-order valence-corrected chi connectivity index (χ2v) is 11.5. The van der Waals surface area contributed by atoms with Crippen LogP contribution in [0.5, 0.6) is 0 Å². The van der Waals surface area contributed by atoms with Gasteiger partial charge in [0.25, 0.3) is 11.8 Å². The summed E-state index contributed by atoms with van der Waals surface area (Å²) in [5.74, 6) is -2.19. The molecule has 0 aromatic carbocycles. The smallest absolute Gasteiger partial charge is 0.352 e. The molecule has 0 spiro atoms. The zero-order valence-electron chi connectivity index (χ0n) is 20.6. The molecule has 208 valence electrons. The van der Waals surface area contributed by atoms with Gasteiger partial charge in [-0.3, -0.25) is 14.5 Å². The molecule has 3 aromatic rings. The van der Waals surface area contributed by atoms with Gasteiger partial charge in [-0.15, -0.1) is 34.4 Å². The quantitative estimate of drug-likeness (QED) is 0.0894. The molecule has 0 saturated carbocycles. The summed E-state index contributed by atoms with van der Waals surface area (Å²) in [4.78, 5) is 53.2. The normalized spacial score (nSPS) is 18.8. The SMILES string of the molecule is Nc1nc(CO/N=C(\C(=O)NC2C(=O)N3C(C(=O)O)=C(C[n+]4ccc(CO)cc4)CS[C@@H]23)c2csc(N)n2)cs1. The van der Waals surface area contributed by atoms with Crippen molar-refractivity contribution in [2.75, 3.05) is 17.2 Å². The minimum atomic E-state index is -1.23. The molecule has 2 aliphatic heterocycles. The number of nitrogens with zero attached hydrogens (tertiary/aromatic N) is 5. The number of carbonyl (C=O) groups excluding carboxylic acids is 2. The van der Waals surface area contributed by atoms with Crippen molar-refractivity contribution in [2.45, 2.75) is 31.2 Å². The van der Waals surface area contributed by atoms with Gasteiger partial charge in [-0.05, 0) is 5.56 Å². The second-order valence-electron chi connectivity index (χ2n) is 8.62. The Hall–Kier alpha value is -4.06. The van der Waals surface area contributed by atoms with E-state index in [-0.39, 0.29) is 42.0 Å². The van der Waals surface area contributed by atoms with Gasteiger partial charge < -0.3 is 31.8 Å². The monoisotopic (exact) mass is 603 g/mol. The zero-order valence-corrected chi connectivity index (χ0v) is 23.0. The molecule has 5 rings (SSSR count). The number of pyridine rings is 1. The number of nitrogens with two attached hydrogens (primary N) is 2. The Morgan fingerprint density at radius 3 is 2.55 bits per heavy atom. The highest BCUT2D eigenvalue weighted by molar-refractivity contribution is 8.00. The number of aromatic nitrogens is 3. The van der Waals surface area contributed by atoms with Gasteiger partial charge in [0, 0.05) is 34.2 Å². The summed E-state index contributed by atoms with van der Waals surface area (Å²) in [6, 6.07) is 2.47. The van der Waals surface area contributed by atoms with E-state index in [2.05, 4.69) is 20.4 Å². The molecule has 17 heteroatoms. The number of carboxylic acid groups (broad SMARTS) is 1. The van der Waals surface area contributed by atoms with Crippen molar-refractivity contribution in [2.24, 2.45) is 5.16 Å². The number of β-lactam (4-membered cyclic amide) rings is 1. The van der Waals surface area contributed by atoms with Crippen LogP contribution >= 0.6 is 34.4 Å². The Morgan fingerprint density at radius 1 is 1.20 bits per heavy atom. The van der Waals surface area contributed by atoms with E-state index in [1.807, 2.05) is 0 Å². The molecule has 1 saturated heterocycles. The minimum Gasteiger partial charge on any atom is -0.477 e. The van der Waals surface area contributed by atoms with Crippen LogP contribution in [-0.4, -0.2) is 65.7 Å². The molecule has 0 aliphatic carbocycles. The third-order valence-electron chi connectivity index (χ3n) is 5.97. The molecule has 2 atom stereocenters. The van der Waals surface area contributed by atoms with Gasteiger partial charge in [0.05, 0.1) is 12.3 Å². The van der Waals surface area contributed by atoms with Crippen LogP contribution in [-0.2, 0) is 39.0 Å². The number of aliphatic hydroxyl groups excluding tert-OH is 1. The molecule has 3 aromatic heterocycles. The van der Waals surface area contributed by atoms with E-state index in [0.29, 0.717) is 22.2 Å². The maximum Gasteiger partial charge on any atom is 0.352 e. The summed E-state index contributed by atoms with van der Waals surface area (Å²) in [6.45, 7) is 0.0963. The average molecular weight is 604 g/mol. The lowest BCUT2D eigenvalue weighted by molar-refractivity contribution is -0.689. The highest BCUT2D eigenvalue weighted by atomic mass is 32.2. The van der Waals surface area contributed by atoms with Crippen LogP contribution in [0.2, 0.25) is 0 Å². The maximum atomic E-state index is 13.2. The van der Waals surface area contributed by atoms with E-state index in [0.717, 1.165) is 16.9 Å². The number of hydrogen-bond donors (Lipinski definition) is 5. The molecule has 1 fully saturated rings. The van der Waals surface area contributed by atoms with Crippen LogP contribution in [0.1, 0.15) is 17.0 Å². The number of aliphatic carboxylic acids is 1. The Balaban J connectivity index is 1.31. The number of anilines is 2. The number of rotatable bonds is 10. The largest absolute Gasteiger partial charge is 0.477 e. The topological polar surface area (TPSA) is 210 Å². The van der Waals surface area contributed by atoms with E-state index >= 15 is 0 Å². The van der Waals surface area contributed by atoms with E-state index in [4.69, 9.17) is 16.3 Å². The van der Waals surface area contributed by atoms with Crippen LogP contribution in [0.4, 0.5) is 10.3 Å². The lowest BCUT2D eigenvalue weighted by Crippen LogP contribution is -2.71. The number of carboxylic acids is 1. The summed E-state index contributed by atoms with van der Waals surface area (Å²) in [6.07, 6.45) is 3.46. The number of nitrogen functional groups attached to an aromatic ring is 2. The van der Waals surface area contributed by atoms with Crippen molar-refractivity contribution >= 4 is 68.2 Å². The first kappa shape index (κ1) is 27.5. The van der Waals surface area contributed by atoms with Crippen molar-refractivity contribution in [1.82, 2.24) is 20.2 Å². The predicted molar refractivity (Wildman–Crippen MR) is 147 cm³/mol.